The fourth-order valence-corrected chi connectivity index (χ4v) is 1.99. The van der Waals surface area contributed by atoms with E-state index in [4.69, 9.17) is 21.4 Å². The minimum absolute atomic E-state index is 0.0158. The van der Waals surface area contributed by atoms with Crippen molar-refractivity contribution in [2.45, 2.75) is 6.42 Å². The second kappa shape index (κ2) is 7.51. The molecule has 0 aromatic heterocycles. The maximum absolute atomic E-state index is 11.8. The van der Waals surface area contributed by atoms with Crippen molar-refractivity contribution in [3.63, 3.8) is 0 Å². The number of rotatable bonds is 6. The Morgan fingerprint density at radius 3 is 2.61 bits per heavy atom. The molecule has 120 valence electrons. The Morgan fingerprint density at radius 2 is 1.91 bits per heavy atom. The number of carbonyl (C=O) groups is 2. The number of phenols is 1. The van der Waals surface area contributed by atoms with Gasteiger partial charge in [-0.25, -0.2) is 4.79 Å². The first-order valence-electron chi connectivity index (χ1n) is 6.71. The van der Waals surface area contributed by atoms with Gasteiger partial charge in [-0.1, -0.05) is 23.7 Å². The van der Waals surface area contributed by atoms with Crippen molar-refractivity contribution >= 4 is 29.2 Å². The second-order valence-electron chi connectivity index (χ2n) is 4.61. The number of halogens is 1. The number of carboxylic acid groups (broad SMARTS) is 1. The summed E-state index contributed by atoms with van der Waals surface area (Å²) >= 11 is 5.92. The van der Waals surface area contributed by atoms with E-state index in [2.05, 4.69) is 5.32 Å². The quantitative estimate of drug-likeness (QED) is 0.705. The van der Waals surface area contributed by atoms with Crippen LogP contribution in [0.5, 0.6) is 11.5 Å². The van der Waals surface area contributed by atoms with E-state index < -0.39 is 11.9 Å². The van der Waals surface area contributed by atoms with E-state index in [1.54, 1.807) is 24.3 Å². The number of nitrogens with one attached hydrogen (secondary N) is 1. The highest BCUT2D eigenvalue weighted by molar-refractivity contribution is 6.32. The molecule has 0 unspecified atom stereocenters. The standard InChI is InChI=1S/C16H14ClNO5/c17-11-3-1-2-4-14(11)23-8-7-15(20)18-12-9-10(16(21)22)5-6-13(12)19/h1-6,9,19H,7-8H2,(H,18,20)(H,21,22). The first-order valence-corrected chi connectivity index (χ1v) is 7.08. The zero-order valence-corrected chi connectivity index (χ0v) is 12.7. The zero-order valence-electron chi connectivity index (χ0n) is 12.0. The number of hydrogen-bond acceptors (Lipinski definition) is 4. The number of carboxylic acids is 1. The molecule has 0 bridgehead atoms. The number of aromatic carboxylic acids is 1. The molecular formula is C16H14ClNO5. The van der Waals surface area contributed by atoms with Crippen molar-refractivity contribution in [2.24, 2.45) is 0 Å². The van der Waals surface area contributed by atoms with Crippen LogP contribution >= 0.6 is 11.6 Å². The van der Waals surface area contributed by atoms with Gasteiger partial charge in [0.05, 0.1) is 29.3 Å². The fraction of sp³-hybridized carbons (Fsp3) is 0.125. The molecule has 2 rings (SSSR count). The van der Waals surface area contributed by atoms with Gasteiger partial charge in [0, 0.05) is 0 Å². The van der Waals surface area contributed by atoms with Gasteiger partial charge in [-0.15, -0.1) is 0 Å². The average Bonchev–Trinajstić information content (AvgIpc) is 2.51. The normalized spacial score (nSPS) is 10.1. The second-order valence-corrected chi connectivity index (χ2v) is 5.02. The van der Waals surface area contributed by atoms with Crippen LogP contribution < -0.4 is 10.1 Å². The number of amides is 1. The van der Waals surface area contributed by atoms with Crippen LogP contribution in [0.4, 0.5) is 5.69 Å². The lowest BCUT2D eigenvalue weighted by Gasteiger charge is -2.10. The summed E-state index contributed by atoms with van der Waals surface area (Å²) < 4.78 is 5.39. The van der Waals surface area contributed by atoms with Gasteiger partial charge in [-0.2, -0.15) is 0 Å². The molecule has 0 saturated heterocycles. The van der Waals surface area contributed by atoms with Gasteiger partial charge in [0.2, 0.25) is 5.91 Å². The SMILES string of the molecule is O=C(CCOc1ccccc1Cl)Nc1cc(C(=O)O)ccc1O. The third kappa shape index (κ3) is 4.62. The van der Waals surface area contributed by atoms with E-state index in [0.717, 1.165) is 0 Å². The minimum atomic E-state index is -1.15. The number of ether oxygens (including phenoxy) is 1. The highest BCUT2D eigenvalue weighted by Gasteiger charge is 2.11. The predicted molar refractivity (Wildman–Crippen MR) is 85.3 cm³/mol. The van der Waals surface area contributed by atoms with Crippen LogP contribution in [0.3, 0.4) is 0 Å². The molecule has 0 fully saturated rings. The lowest BCUT2D eigenvalue weighted by atomic mass is 10.2. The van der Waals surface area contributed by atoms with Crippen molar-refractivity contribution in [2.75, 3.05) is 11.9 Å². The first-order chi connectivity index (χ1) is 11.0. The largest absolute Gasteiger partial charge is 0.506 e. The molecule has 0 atom stereocenters. The van der Waals surface area contributed by atoms with Gasteiger partial charge in [0.15, 0.2) is 0 Å². The molecule has 0 aliphatic heterocycles. The van der Waals surface area contributed by atoms with Crippen molar-refractivity contribution in [3.05, 3.63) is 53.1 Å². The van der Waals surface area contributed by atoms with Crippen LogP contribution in [0.2, 0.25) is 5.02 Å². The number of benzene rings is 2. The van der Waals surface area contributed by atoms with Crippen molar-refractivity contribution in [1.29, 1.82) is 0 Å². The Labute approximate surface area is 137 Å². The molecule has 3 N–H and O–H groups in total. The van der Waals surface area contributed by atoms with E-state index in [1.807, 2.05) is 0 Å². The molecule has 7 heteroatoms. The maximum Gasteiger partial charge on any atom is 0.335 e. The number of para-hydroxylation sites is 1. The van der Waals surface area contributed by atoms with E-state index in [0.29, 0.717) is 10.8 Å². The first kappa shape index (κ1) is 16.6. The van der Waals surface area contributed by atoms with E-state index >= 15 is 0 Å². The summed E-state index contributed by atoms with van der Waals surface area (Å²) in [6.45, 7) is 0.0922. The summed E-state index contributed by atoms with van der Waals surface area (Å²) in [7, 11) is 0. The van der Waals surface area contributed by atoms with E-state index in [1.165, 1.54) is 18.2 Å². The Kier molecular flexibility index (Phi) is 5.43. The summed E-state index contributed by atoms with van der Waals surface area (Å²) in [4.78, 5) is 22.7. The number of anilines is 1. The summed E-state index contributed by atoms with van der Waals surface area (Å²) in [5, 5.41) is 21.4. The number of carbonyl (C=O) groups excluding carboxylic acids is 1. The highest BCUT2D eigenvalue weighted by atomic mass is 35.5. The monoisotopic (exact) mass is 335 g/mol. The van der Waals surface area contributed by atoms with Gasteiger partial charge in [0.1, 0.15) is 11.5 Å². The molecule has 0 aliphatic rings. The third-order valence-corrected chi connectivity index (χ3v) is 3.25. The molecule has 1 amide bonds. The Bertz CT molecular complexity index is 732. The van der Waals surface area contributed by atoms with Gasteiger partial charge in [-0.3, -0.25) is 4.79 Å². The average molecular weight is 336 g/mol. The molecule has 0 heterocycles. The van der Waals surface area contributed by atoms with Gasteiger partial charge in [-0.05, 0) is 30.3 Å². The molecule has 0 aliphatic carbocycles. The Morgan fingerprint density at radius 1 is 1.17 bits per heavy atom. The summed E-state index contributed by atoms with van der Waals surface area (Å²) in [5.41, 5.74) is -0.00180. The Hall–Kier alpha value is -2.73. The summed E-state index contributed by atoms with van der Waals surface area (Å²) in [6, 6.07) is 10.5. The molecule has 23 heavy (non-hydrogen) atoms. The highest BCUT2D eigenvalue weighted by Crippen LogP contribution is 2.25. The fourth-order valence-electron chi connectivity index (χ4n) is 1.80. The van der Waals surface area contributed by atoms with Crippen LogP contribution in [-0.4, -0.2) is 28.7 Å². The molecule has 2 aromatic rings. The number of phenolic OH excluding ortho intramolecular Hbond substituents is 1. The zero-order chi connectivity index (χ0) is 16.8. The molecule has 0 spiro atoms. The Balaban J connectivity index is 1.91. The van der Waals surface area contributed by atoms with Crippen LogP contribution in [0, 0.1) is 0 Å². The molecule has 6 nitrogen and oxygen atoms in total. The summed E-state index contributed by atoms with van der Waals surface area (Å²) in [6.07, 6.45) is 0.0158. The number of hydrogen-bond donors (Lipinski definition) is 3. The van der Waals surface area contributed by atoms with Crippen molar-refractivity contribution < 1.29 is 24.5 Å². The van der Waals surface area contributed by atoms with Gasteiger partial charge in [0.25, 0.3) is 0 Å². The van der Waals surface area contributed by atoms with Crippen LogP contribution in [-0.2, 0) is 4.79 Å². The lowest BCUT2D eigenvalue weighted by molar-refractivity contribution is -0.116. The molecule has 2 aromatic carbocycles. The summed E-state index contributed by atoms with van der Waals surface area (Å²) in [5.74, 6) is -1.31. The van der Waals surface area contributed by atoms with Crippen LogP contribution in [0.1, 0.15) is 16.8 Å². The molecular weight excluding hydrogens is 322 g/mol. The van der Waals surface area contributed by atoms with Crippen molar-refractivity contribution in [3.8, 4) is 11.5 Å². The molecule has 0 saturated carbocycles. The number of aromatic hydroxyl groups is 1. The van der Waals surface area contributed by atoms with E-state index in [9.17, 15) is 14.7 Å². The lowest BCUT2D eigenvalue weighted by Crippen LogP contribution is -2.15. The van der Waals surface area contributed by atoms with Crippen LogP contribution in [0.15, 0.2) is 42.5 Å². The van der Waals surface area contributed by atoms with Crippen LogP contribution in [0.25, 0.3) is 0 Å². The van der Waals surface area contributed by atoms with Gasteiger partial charge >= 0.3 is 5.97 Å². The van der Waals surface area contributed by atoms with E-state index in [-0.39, 0.29) is 30.0 Å². The van der Waals surface area contributed by atoms with Crippen molar-refractivity contribution in [1.82, 2.24) is 0 Å². The van der Waals surface area contributed by atoms with Gasteiger partial charge < -0.3 is 20.3 Å². The maximum atomic E-state index is 11.8. The molecule has 0 radical (unpaired) electrons. The predicted octanol–water partition coefficient (Wildman–Crippen LogP) is 3.15. The third-order valence-electron chi connectivity index (χ3n) is 2.94. The minimum Gasteiger partial charge on any atom is -0.506 e. The topological polar surface area (TPSA) is 95.9 Å². The smallest absolute Gasteiger partial charge is 0.335 e.